The van der Waals surface area contributed by atoms with E-state index in [-0.39, 0.29) is 5.69 Å². The van der Waals surface area contributed by atoms with E-state index in [4.69, 9.17) is 0 Å². The van der Waals surface area contributed by atoms with Crippen LogP contribution in [-0.2, 0) is 12.8 Å². The topological polar surface area (TPSA) is 12.4 Å². The summed E-state index contributed by atoms with van der Waals surface area (Å²) in [5.74, 6) is 5.76. The van der Waals surface area contributed by atoms with Crippen LogP contribution in [0.15, 0.2) is 53.5 Å². The molecule has 0 aliphatic carbocycles. The third-order valence-corrected chi connectivity index (χ3v) is 7.73. The second-order valence-corrected chi connectivity index (χ2v) is 9.93. The Morgan fingerprint density at radius 1 is 0.938 bits per heavy atom. The van der Waals surface area contributed by atoms with E-state index in [1.165, 1.54) is 55.6 Å². The average molecular weight is 476 g/mol. The van der Waals surface area contributed by atoms with Gasteiger partial charge in [0.1, 0.15) is 5.69 Å². The molecule has 0 radical (unpaired) electrons. The predicted molar refractivity (Wildman–Crippen MR) is 140 cm³/mol. The van der Waals surface area contributed by atoms with E-state index in [2.05, 4.69) is 72.3 Å². The van der Waals surface area contributed by atoms with Gasteiger partial charge in [-0.15, -0.1) is 22.7 Å². The van der Waals surface area contributed by atoms with Crippen LogP contribution in [0.3, 0.4) is 0 Å². The highest BCUT2D eigenvalue weighted by molar-refractivity contribution is 7.78. The predicted octanol–water partition coefficient (Wildman–Crippen LogP) is 8.81. The number of benzene rings is 2. The summed E-state index contributed by atoms with van der Waals surface area (Å²) >= 11 is 8.33. The molecule has 0 bridgehead atoms. The van der Waals surface area contributed by atoms with Crippen molar-refractivity contribution in [1.29, 1.82) is 0 Å². The fraction of sp³-hybridized carbons (Fsp3) is 0.222. The number of unbranched alkanes of at least 4 members (excludes halogenated alkanes) is 1. The molecule has 160 valence electrons. The molecule has 0 aliphatic heterocycles. The summed E-state index contributed by atoms with van der Waals surface area (Å²) in [6.07, 6.45) is 4.59. The van der Waals surface area contributed by atoms with Crippen LogP contribution in [0, 0.1) is 17.7 Å². The van der Waals surface area contributed by atoms with Crippen molar-refractivity contribution in [3.63, 3.8) is 0 Å². The quantitative estimate of drug-likeness (QED) is 0.154. The summed E-state index contributed by atoms with van der Waals surface area (Å²) in [7, 11) is 0. The number of nitrogens with zero attached hydrogens (tertiary/aromatic N) is 1. The third-order valence-electron chi connectivity index (χ3n) is 5.25. The van der Waals surface area contributed by atoms with Gasteiger partial charge in [-0.2, -0.15) is 4.99 Å². The minimum Gasteiger partial charge on any atom is -0.205 e. The van der Waals surface area contributed by atoms with E-state index in [0.29, 0.717) is 5.56 Å². The molecule has 0 amide bonds. The van der Waals surface area contributed by atoms with Crippen LogP contribution in [0.1, 0.15) is 48.3 Å². The number of hydrogen-bond donors (Lipinski definition) is 0. The lowest BCUT2D eigenvalue weighted by molar-refractivity contribution is 0.629. The highest BCUT2D eigenvalue weighted by Crippen LogP contribution is 2.40. The van der Waals surface area contributed by atoms with Crippen molar-refractivity contribution in [3.8, 4) is 22.3 Å². The van der Waals surface area contributed by atoms with Crippen LogP contribution >= 0.6 is 34.9 Å². The molecule has 4 aromatic rings. The first kappa shape index (κ1) is 22.6. The molecule has 2 aromatic carbocycles. The minimum absolute atomic E-state index is 0.177. The van der Waals surface area contributed by atoms with Crippen LogP contribution in [0.25, 0.3) is 19.8 Å². The first-order chi connectivity index (χ1) is 15.6. The molecule has 4 rings (SSSR count). The van der Waals surface area contributed by atoms with E-state index >= 15 is 0 Å². The summed E-state index contributed by atoms with van der Waals surface area (Å²) in [4.78, 5) is 6.49. The van der Waals surface area contributed by atoms with Crippen molar-refractivity contribution in [2.24, 2.45) is 4.99 Å². The molecule has 0 N–H and O–H groups in total. The molecular weight excluding hydrogens is 454 g/mol. The standard InChI is InChI=1S/C27H22FNS3/c1-3-5-6-21-15-26-27(31-21)16-25(32-26)22-11-9-18(13-20(22)4-2)7-8-19-10-12-24(29-17-30)23(28)14-19/h9-16H,3-6H2,1-2H3. The molecule has 2 heterocycles. The highest BCUT2D eigenvalue weighted by Gasteiger charge is 2.11. The lowest BCUT2D eigenvalue weighted by Gasteiger charge is -2.06. The number of rotatable bonds is 6. The molecule has 0 atom stereocenters. The maximum Gasteiger partial charge on any atom is 0.150 e. The summed E-state index contributed by atoms with van der Waals surface area (Å²) in [5, 5.41) is 2.18. The van der Waals surface area contributed by atoms with Gasteiger partial charge in [0, 0.05) is 30.3 Å². The Labute approximate surface area is 201 Å². The van der Waals surface area contributed by atoms with Gasteiger partial charge in [-0.25, -0.2) is 4.39 Å². The van der Waals surface area contributed by atoms with Crippen molar-refractivity contribution < 1.29 is 4.39 Å². The Kier molecular flexibility index (Phi) is 7.29. The molecule has 2 aromatic heterocycles. The summed E-state index contributed by atoms with van der Waals surface area (Å²) < 4.78 is 16.8. The first-order valence-electron chi connectivity index (χ1n) is 10.7. The number of fused-ring (bicyclic) bond motifs is 1. The molecule has 0 aliphatic rings. The van der Waals surface area contributed by atoms with Crippen molar-refractivity contribution in [2.75, 3.05) is 0 Å². The van der Waals surface area contributed by atoms with Gasteiger partial charge in [-0.3, -0.25) is 0 Å². The molecule has 0 fully saturated rings. The van der Waals surface area contributed by atoms with E-state index < -0.39 is 5.82 Å². The van der Waals surface area contributed by atoms with Crippen molar-refractivity contribution >= 4 is 55.1 Å². The van der Waals surface area contributed by atoms with E-state index in [9.17, 15) is 4.39 Å². The Morgan fingerprint density at radius 2 is 1.69 bits per heavy atom. The zero-order chi connectivity index (χ0) is 22.5. The third kappa shape index (κ3) is 5.06. The molecule has 1 nitrogen and oxygen atoms in total. The van der Waals surface area contributed by atoms with Gasteiger partial charge in [-0.05, 0) is 85.1 Å². The molecule has 0 saturated heterocycles. The van der Waals surface area contributed by atoms with E-state index in [1.807, 2.05) is 28.7 Å². The zero-order valence-corrected chi connectivity index (χ0v) is 20.4. The van der Waals surface area contributed by atoms with Crippen LogP contribution in [-0.4, -0.2) is 5.16 Å². The molecule has 0 saturated carbocycles. The van der Waals surface area contributed by atoms with Gasteiger partial charge in [0.2, 0.25) is 0 Å². The van der Waals surface area contributed by atoms with Crippen molar-refractivity contribution in [3.05, 3.63) is 75.9 Å². The van der Waals surface area contributed by atoms with Gasteiger partial charge in [0.05, 0.1) is 5.16 Å². The van der Waals surface area contributed by atoms with Gasteiger partial charge in [0.15, 0.2) is 5.82 Å². The van der Waals surface area contributed by atoms with Gasteiger partial charge in [0.25, 0.3) is 0 Å². The second kappa shape index (κ2) is 10.3. The smallest absolute Gasteiger partial charge is 0.150 e. The SMILES string of the molecule is CCCCc1cc2sc(-c3ccc(C#Cc4ccc(N=C=S)c(F)c4)cc3CC)cc2s1. The summed E-state index contributed by atoms with van der Waals surface area (Å²) in [6.45, 7) is 4.40. The maximum atomic E-state index is 14.0. The number of aryl methyl sites for hydroxylation is 2. The number of aliphatic imine (C=N–C) groups is 1. The molecule has 0 spiro atoms. The first-order valence-corrected chi connectivity index (χ1v) is 12.7. The second-order valence-electron chi connectivity index (χ2n) is 7.50. The number of hydrogen-bond acceptors (Lipinski definition) is 4. The van der Waals surface area contributed by atoms with Gasteiger partial charge < -0.3 is 0 Å². The summed E-state index contributed by atoms with van der Waals surface area (Å²) in [6, 6.07) is 15.7. The van der Waals surface area contributed by atoms with Gasteiger partial charge >= 0.3 is 0 Å². The highest BCUT2D eigenvalue weighted by atomic mass is 32.1. The van der Waals surface area contributed by atoms with Crippen molar-refractivity contribution in [2.45, 2.75) is 39.5 Å². The lowest BCUT2D eigenvalue weighted by Crippen LogP contribution is -1.88. The number of halogens is 1. The minimum atomic E-state index is -0.450. The Balaban J connectivity index is 1.59. The lowest BCUT2D eigenvalue weighted by atomic mass is 10.0. The van der Waals surface area contributed by atoms with E-state index in [0.717, 1.165) is 12.0 Å². The maximum absolute atomic E-state index is 14.0. The van der Waals surface area contributed by atoms with E-state index in [1.54, 1.807) is 12.1 Å². The fourth-order valence-electron chi connectivity index (χ4n) is 3.57. The fourth-order valence-corrected chi connectivity index (χ4v) is 6.19. The Bertz CT molecular complexity index is 1350. The zero-order valence-electron chi connectivity index (χ0n) is 18.0. The monoisotopic (exact) mass is 475 g/mol. The Morgan fingerprint density at radius 3 is 2.38 bits per heavy atom. The number of isothiocyanates is 1. The van der Waals surface area contributed by atoms with Gasteiger partial charge in [-0.1, -0.05) is 38.2 Å². The average Bonchev–Trinajstić information content (AvgIpc) is 3.36. The van der Waals surface area contributed by atoms with Crippen LogP contribution in [0.2, 0.25) is 0 Å². The molecule has 0 unspecified atom stereocenters. The summed E-state index contributed by atoms with van der Waals surface area (Å²) in [5.41, 5.74) is 4.25. The normalized spacial score (nSPS) is 10.6. The molecule has 5 heteroatoms. The number of thiophene rings is 2. The van der Waals surface area contributed by atoms with Crippen LogP contribution in [0.4, 0.5) is 10.1 Å². The van der Waals surface area contributed by atoms with Crippen LogP contribution < -0.4 is 0 Å². The van der Waals surface area contributed by atoms with Crippen LogP contribution in [0.5, 0.6) is 0 Å². The molecule has 32 heavy (non-hydrogen) atoms. The number of thiocarbonyl (C=S) groups is 1. The van der Waals surface area contributed by atoms with Crippen molar-refractivity contribution in [1.82, 2.24) is 0 Å². The largest absolute Gasteiger partial charge is 0.205 e. The Hall–Kier alpha value is -2.61. The molecular formula is C27H22FNS3.